The third-order valence-corrected chi connectivity index (χ3v) is 5.93. The van der Waals surface area contributed by atoms with Gasteiger partial charge >= 0.3 is 6.03 Å². The zero-order valence-corrected chi connectivity index (χ0v) is 15.0. The molecule has 25 heavy (non-hydrogen) atoms. The number of thiophene rings is 1. The molecule has 2 aromatic rings. The smallest absolute Gasteiger partial charge is 0.325 e. The summed E-state index contributed by atoms with van der Waals surface area (Å²) in [6, 6.07) is 8.66. The second-order valence-electron chi connectivity index (χ2n) is 6.21. The van der Waals surface area contributed by atoms with Crippen molar-refractivity contribution in [2.45, 2.75) is 24.8 Å². The number of fused-ring (bicyclic) bond motifs is 2. The van der Waals surface area contributed by atoms with E-state index in [1.165, 1.54) is 9.78 Å². The number of amides is 3. The van der Waals surface area contributed by atoms with Crippen LogP contribution in [0, 0.1) is 0 Å². The predicted octanol–water partition coefficient (Wildman–Crippen LogP) is 3.56. The summed E-state index contributed by atoms with van der Waals surface area (Å²) < 4.78 is 5.62. The molecule has 0 bridgehead atoms. The quantitative estimate of drug-likeness (QED) is 0.830. The molecule has 1 aliphatic heterocycles. The summed E-state index contributed by atoms with van der Waals surface area (Å²) in [6.07, 6.45) is 2.51. The fourth-order valence-corrected chi connectivity index (χ4v) is 4.74. The van der Waals surface area contributed by atoms with Crippen LogP contribution in [0.2, 0.25) is 5.02 Å². The number of rotatable bonds is 4. The largest absolute Gasteiger partial charge is 0.492 e. The Hall–Kier alpha value is -2.05. The topological polar surface area (TPSA) is 58.6 Å². The number of carbonyl (C=O) groups excluding carboxylic acids is 2. The van der Waals surface area contributed by atoms with Crippen LogP contribution in [-0.4, -0.2) is 30.0 Å². The van der Waals surface area contributed by atoms with Crippen molar-refractivity contribution in [2.75, 3.05) is 13.2 Å². The normalized spacial score (nSPS) is 22.2. The summed E-state index contributed by atoms with van der Waals surface area (Å²) >= 11 is 7.57. The summed E-state index contributed by atoms with van der Waals surface area (Å²) in [7, 11) is 0. The Morgan fingerprint density at radius 2 is 2.20 bits per heavy atom. The molecule has 1 atom stereocenters. The number of carbonyl (C=O) groups is 2. The highest BCUT2D eigenvalue weighted by molar-refractivity contribution is 7.10. The maximum Gasteiger partial charge on any atom is 0.325 e. The number of imide groups is 1. The lowest BCUT2D eigenvalue weighted by Crippen LogP contribution is -2.46. The first-order valence-corrected chi connectivity index (χ1v) is 9.45. The molecule has 1 fully saturated rings. The molecule has 4 rings (SSSR count). The highest BCUT2D eigenvalue weighted by Crippen LogP contribution is 2.42. The second kappa shape index (κ2) is 6.35. The van der Waals surface area contributed by atoms with E-state index < -0.39 is 5.54 Å². The monoisotopic (exact) mass is 376 g/mol. The Morgan fingerprint density at radius 3 is 3.04 bits per heavy atom. The molecule has 2 heterocycles. The second-order valence-corrected chi connectivity index (χ2v) is 7.65. The molecule has 1 saturated heterocycles. The van der Waals surface area contributed by atoms with Crippen LogP contribution in [0.4, 0.5) is 4.79 Å². The minimum Gasteiger partial charge on any atom is -0.492 e. The lowest BCUT2D eigenvalue weighted by atomic mass is 9.80. The Labute approximate surface area is 154 Å². The maximum absolute atomic E-state index is 13.0. The molecule has 130 valence electrons. The van der Waals surface area contributed by atoms with Crippen LogP contribution in [0.25, 0.3) is 0 Å². The van der Waals surface area contributed by atoms with Gasteiger partial charge in [-0.05, 0) is 48.9 Å². The van der Waals surface area contributed by atoms with Gasteiger partial charge in [0, 0.05) is 15.5 Å². The van der Waals surface area contributed by atoms with E-state index in [0.717, 1.165) is 18.4 Å². The van der Waals surface area contributed by atoms with Crippen LogP contribution in [0.15, 0.2) is 35.7 Å². The summed E-state index contributed by atoms with van der Waals surface area (Å²) in [6.45, 7) is 0.435. The van der Waals surface area contributed by atoms with Gasteiger partial charge in [-0.2, -0.15) is 0 Å². The van der Waals surface area contributed by atoms with Crippen molar-refractivity contribution in [1.82, 2.24) is 10.2 Å². The van der Waals surface area contributed by atoms with Crippen LogP contribution in [0.1, 0.15) is 23.3 Å². The standard InChI is InChI=1S/C18H17ClN2O3S/c19-12-3-1-4-13(11-12)24-9-8-21-16(22)18(20-17(21)23)7-2-5-15-14(18)6-10-25-15/h1,3-4,6,10-11H,2,5,7-9H2,(H,20,23)/t18-/m0/s1. The van der Waals surface area contributed by atoms with Gasteiger partial charge in [0.15, 0.2) is 0 Å². The van der Waals surface area contributed by atoms with Gasteiger partial charge in [0.25, 0.3) is 5.91 Å². The lowest BCUT2D eigenvalue weighted by molar-refractivity contribution is -0.132. The molecule has 0 saturated carbocycles. The van der Waals surface area contributed by atoms with Gasteiger partial charge < -0.3 is 10.1 Å². The number of ether oxygens (including phenoxy) is 1. The van der Waals surface area contributed by atoms with Crippen molar-refractivity contribution in [1.29, 1.82) is 0 Å². The van der Waals surface area contributed by atoms with Gasteiger partial charge in [0.05, 0.1) is 6.54 Å². The highest BCUT2D eigenvalue weighted by Gasteiger charge is 2.54. The number of nitrogens with zero attached hydrogens (tertiary/aromatic N) is 1. The number of urea groups is 1. The van der Waals surface area contributed by atoms with Crippen molar-refractivity contribution in [3.05, 3.63) is 51.2 Å². The molecule has 3 amide bonds. The number of nitrogens with one attached hydrogen (secondary N) is 1. The molecule has 1 N–H and O–H groups in total. The molecule has 2 aliphatic rings. The summed E-state index contributed by atoms with van der Waals surface area (Å²) in [5, 5.41) is 5.51. The Kier molecular flexibility index (Phi) is 4.17. The van der Waals surface area contributed by atoms with Crippen molar-refractivity contribution in [3.8, 4) is 5.75 Å². The Morgan fingerprint density at radius 1 is 1.32 bits per heavy atom. The Bertz CT molecular complexity index is 837. The zero-order valence-electron chi connectivity index (χ0n) is 13.5. The number of hydrogen-bond donors (Lipinski definition) is 1. The SMILES string of the molecule is O=C1N[C@]2(CCCc3sccc32)C(=O)N1CCOc1cccc(Cl)c1. The number of hydrogen-bond acceptors (Lipinski definition) is 4. The molecule has 7 heteroatoms. The van der Waals surface area contributed by atoms with Gasteiger partial charge in [0.2, 0.25) is 0 Å². The minimum absolute atomic E-state index is 0.174. The Balaban J connectivity index is 1.48. The summed E-state index contributed by atoms with van der Waals surface area (Å²) in [4.78, 5) is 27.9. The fraction of sp³-hybridized carbons (Fsp3) is 0.333. The first-order chi connectivity index (χ1) is 12.1. The van der Waals surface area contributed by atoms with Gasteiger partial charge in [0.1, 0.15) is 17.9 Å². The molecule has 1 spiro atoms. The van der Waals surface area contributed by atoms with Crippen LogP contribution in [0.3, 0.4) is 0 Å². The van der Waals surface area contributed by atoms with Gasteiger partial charge in [-0.1, -0.05) is 17.7 Å². The summed E-state index contributed by atoms with van der Waals surface area (Å²) in [5.74, 6) is 0.443. The molecule has 0 radical (unpaired) electrons. The van der Waals surface area contributed by atoms with Crippen molar-refractivity contribution >= 4 is 34.9 Å². The van der Waals surface area contributed by atoms with E-state index in [2.05, 4.69) is 5.32 Å². The average Bonchev–Trinajstić information content (AvgIpc) is 3.15. The molecule has 0 unspecified atom stereocenters. The van der Waals surface area contributed by atoms with Crippen LogP contribution >= 0.6 is 22.9 Å². The van der Waals surface area contributed by atoms with Crippen molar-refractivity contribution in [3.63, 3.8) is 0 Å². The van der Waals surface area contributed by atoms with Crippen molar-refractivity contribution in [2.24, 2.45) is 0 Å². The van der Waals surface area contributed by atoms with Crippen LogP contribution < -0.4 is 10.1 Å². The van der Waals surface area contributed by atoms with E-state index in [9.17, 15) is 9.59 Å². The number of aryl methyl sites for hydroxylation is 1. The lowest BCUT2D eigenvalue weighted by Gasteiger charge is -2.31. The van der Waals surface area contributed by atoms with E-state index in [1.54, 1.807) is 35.6 Å². The summed E-state index contributed by atoms with van der Waals surface area (Å²) in [5.41, 5.74) is 0.0705. The zero-order chi connectivity index (χ0) is 17.4. The van der Waals surface area contributed by atoms with E-state index in [0.29, 0.717) is 17.2 Å². The van der Waals surface area contributed by atoms with E-state index >= 15 is 0 Å². The van der Waals surface area contributed by atoms with Crippen LogP contribution in [0.5, 0.6) is 5.75 Å². The highest BCUT2D eigenvalue weighted by atomic mass is 35.5. The predicted molar refractivity (Wildman–Crippen MR) is 96.1 cm³/mol. The van der Waals surface area contributed by atoms with Gasteiger partial charge in [-0.25, -0.2) is 4.79 Å². The molecule has 1 aromatic heterocycles. The number of benzene rings is 1. The molecule has 1 aromatic carbocycles. The third-order valence-electron chi connectivity index (χ3n) is 4.72. The molecular formula is C18H17ClN2O3S. The maximum atomic E-state index is 13.0. The fourth-order valence-electron chi connectivity index (χ4n) is 3.56. The molecule has 1 aliphatic carbocycles. The van der Waals surface area contributed by atoms with Crippen LogP contribution in [-0.2, 0) is 16.8 Å². The minimum atomic E-state index is -0.888. The number of halogens is 1. The molecular weight excluding hydrogens is 360 g/mol. The van der Waals surface area contributed by atoms with Gasteiger partial charge in [-0.15, -0.1) is 11.3 Å². The van der Waals surface area contributed by atoms with E-state index in [1.807, 2.05) is 11.4 Å². The average molecular weight is 377 g/mol. The van der Waals surface area contributed by atoms with E-state index in [4.69, 9.17) is 16.3 Å². The first-order valence-electron chi connectivity index (χ1n) is 8.19. The van der Waals surface area contributed by atoms with E-state index in [-0.39, 0.29) is 25.1 Å². The molecule has 5 nitrogen and oxygen atoms in total. The third kappa shape index (κ3) is 2.79. The first kappa shape index (κ1) is 16.4. The van der Waals surface area contributed by atoms with Gasteiger partial charge in [-0.3, -0.25) is 9.69 Å². The van der Waals surface area contributed by atoms with Crippen molar-refractivity contribution < 1.29 is 14.3 Å².